The summed E-state index contributed by atoms with van der Waals surface area (Å²) in [6, 6.07) is 8.55. The van der Waals surface area contributed by atoms with E-state index in [1.165, 1.54) is 12.3 Å². The number of halogens is 1. The Hall–Kier alpha value is -2.08. The van der Waals surface area contributed by atoms with Crippen LogP contribution >= 0.6 is 11.8 Å². The predicted octanol–water partition coefficient (Wildman–Crippen LogP) is 2.78. The molecule has 3 N–H and O–H groups in total. The van der Waals surface area contributed by atoms with Crippen molar-refractivity contribution < 1.29 is 9.18 Å². The van der Waals surface area contributed by atoms with Gasteiger partial charge in [0.1, 0.15) is 0 Å². The Balaban J connectivity index is 2.18. The molecule has 1 aromatic carbocycles. The molecule has 2 rings (SSSR count). The number of benzene rings is 1. The third-order valence-corrected chi connectivity index (χ3v) is 3.25. The summed E-state index contributed by atoms with van der Waals surface area (Å²) in [6.45, 7) is 0. The van der Waals surface area contributed by atoms with Gasteiger partial charge in [0, 0.05) is 16.8 Å². The van der Waals surface area contributed by atoms with E-state index in [-0.39, 0.29) is 11.4 Å². The van der Waals surface area contributed by atoms with Gasteiger partial charge in [-0.1, -0.05) is 0 Å². The van der Waals surface area contributed by atoms with Crippen LogP contribution in [0.1, 0.15) is 10.4 Å². The zero-order valence-electron chi connectivity index (χ0n) is 10.2. The maximum atomic E-state index is 13.6. The number of nitrogen functional groups attached to an aromatic ring is 1. The number of aromatic nitrogens is 1. The lowest BCUT2D eigenvalue weighted by atomic mass is 10.2. The predicted molar refractivity (Wildman–Crippen MR) is 74.8 cm³/mol. The fourth-order valence-electron chi connectivity index (χ4n) is 1.51. The van der Waals surface area contributed by atoms with Crippen LogP contribution in [0.4, 0.5) is 15.9 Å². The van der Waals surface area contributed by atoms with Crippen LogP contribution < -0.4 is 11.1 Å². The van der Waals surface area contributed by atoms with E-state index in [1.54, 1.807) is 23.9 Å². The molecule has 0 fully saturated rings. The molecule has 0 aliphatic carbocycles. The van der Waals surface area contributed by atoms with Gasteiger partial charge in [-0.25, -0.2) is 9.37 Å². The van der Waals surface area contributed by atoms with Gasteiger partial charge in [0.25, 0.3) is 5.91 Å². The number of anilines is 2. The van der Waals surface area contributed by atoms with Crippen molar-refractivity contribution in [3.8, 4) is 0 Å². The van der Waals surface area contributed by atoms with E-state index in [4.69, 9.17) is 5.73 Å². The largest absolute Gasteiger partial charge is 0.381 e. The molecule has 0 saturated carbocycles. The Morgan fingerprint density at radius 1 is 1.32 bits per heavy atom. The number of carbonyl (C=O) groups is 1. The number of pyridine rings is 1. The molecule has 2 aromatic rings. The molecule has 98 valence electrons. The first-order chi connectivity index (χ1) is 9.11. The van der Waals surface area contributed by atoms with E-state index < -0.39 is 11.7 Å². The molecule has 0 aliphatic heterocycles. The van der Waals surface area contributed by atoms with Crippen LogP contribution in [0, 0.1) is 5.82 Å². The van der Waals surface area contributed by atoms with Gasteiger partial charge in [-0.15, -0.1) is 11.8 Å². The standard InChI is InChI=1S/C13H12FN3OS/c1-19-9-4-2-8(3-5-9)17-13(18)10-6-7-16-12(15)11(10)14/h2-7H,1H3,(H2,15,16)(H,17,18). The van der Waals surface area contributed by atoms with Crippen LogP contribution in [0.2, 0.25) is 0 Å². The number of carbonyl (C=O) groups excluding carboxylic acids is 1. The van der Waals surface area contributed by atoms with Gasteiger partial charge < -0.3 is 11.1 Å². The van der Waals surface area contributed by atoms with Crippen molar-refractivity contribution in [2.45, 2.75) is 4.90 Å². The van der Waals surface area contributed by atoms with Crippen molar-refractivity contribution >= 4 is 29.2 Å². The molecule has 0 bridgehead atoms. The average molecular weight is 277 g/mol. The Kier molecular flexibility index (Phi) is 4.01. The monoisotopic (exact) mass is 277 g/mol. The van der Waals surface area contributed by atoms with Gasteiger partial charge in [-0.3, -0.25) is 4.79 Å². The average Bonchev–Trinajstić information content (AvgIpc) is 2.42. The normalized spacial score (nSPS) is 10.2. The first kappa shape index (κ1) is 13.4. The molecular weight excluding hydrogens is 265 g/mol. The van der Waals surface area contributed by atoms with E-state index in [1.807, 2.05) is 18.4 Å². The first-order valence-corrected chi connectivity index (χ1v) is 6.69. The molecule has 1 heterocycles. The van der Waals surface area contributed by atoms with Crippen LogP contribution in [-0.2, 0) is 0 Å². The van der Waals surface area contributed by atoms with E-state index >= 15 is 0 Å². The molecule has 0 spiro atoms. The summed E-state index contributed by atoms with van der Waals surface area (Å²) in [5.41, 5.74) is 5.79. The lowest BCUT2D eigenvalue weighted by Crippen LogP contribution is -2.15. The van der Waals surface area contributed by atoms with Gasteiger partial charge in [-0.2, -0.15) is 0 Å². The summed E-state index contributed by atoms with van der Waals surface area (Å²) in [4.78, 5) is 16.6. The number of nitrogens with one attached hydrogen (secondary N) is 1. The SMILES string of the molecule is CSc1ccc(NC(=O)c2ccnc(N)c2F)cc1. The molecule has 0 atom stereocenters. The van der Waals surface area contributed by atoms with Crippen LogP contribution in [0.3, 0.4) is 0 Å². The van der Waals surface area contributed by atoms with E-state index in [0.29, 0.717) is 5.69 Å². The molecule has 4 nitrogen and oxygen atoms in total. The molecule has 0 aliphatic rings. The van der Waals surface area contributed by atoms with E-state index in [9.17, 15) is 9.18 Å². The number of hydrogen-bond acceptors (Lipinski definition) is 4. The summed E-state index contributed by atoms with van der Waals surface area (Å²) in [7, 11) is 0. The summed E-state index contributed by atoms with van der Waals surface area (Å²) < 4.78 is 13.6. The quantitative estimate of drug-likeness (QED) is 0.846. The Morgan fingerprint density at radius 3 is 2.63 bits per heavy atom. The van der Waals surface area contributed by atoms with Crippen molar-refractivity contribution in [3.63, 3.8) is 0 Å². The molecule has 19 heavy (non-hydrogen) atoms. The van der Waals surface area contributed by atoms with Crippen molar-refractivity contribution in [1.82, 2.24) is 4.98 Å². The topological polar surface area (TPSA) is 68.0 Å². The lowest BCUT2D eigenvalue weighted by molar-refractivity contribution is 0.102. The summed E-state index contributed by atoms with van der Waals surface area (Å²) >= 11 is 1.60. The maximum absolute atomic E-state index is 13.6. The van der Waals surface area contributed by atoms with E-state index in [0.717, 1.165) is 4.90 Å². The number of hydrogen-bond donors (Lipinski definition) is 2. The second kappa shape index (κ2) is 5.71. The zero-order chi connectivity index (χ0) is 13.8. The third kappa shape index (κ3) is 3.03. The Morgan fingerprint density at radius 2 is 2.00 bits per heavy atom. The molecule has 0 unspecified atom stereocenters. The van der Waals surface area contributed by atoms with Gasteiger partial charge in [0.2, 0.25) is 0 Å². The van der Waals surface area contributed by atoms with Crippen molar-refractivity contribution in [2.75, 3.05) is 17.3 Å². The first-order valence-electron chi connectivity index (χ1n) is 5.47. The Bertz CT molecular complexity index is 601. The number of amides is 1. The molecule has 1 aromatic heterocycles. The molecule has 0 saturated heterocycles. The highest BCUT2D eigenvalue weighted by Gasteiger charge is 2.14. The summed E-state index contributed by atoms with van der Waals surface area (Å²) in [5, 5.41) is 2.61. The van der Waals surface area contributed by atoms with Gasteiger partial charge in [0.05, 0.1) is 5.56 Å². The smallest absolute Gasteiger partial charge is 0.258 e. The molecule has 6 heteroatoms. The molecular formula is C13H12FN3OS. The maximum Gasteiger partial charge on any atom is 0.258 e. The van der Waals surface area contributed by atoms with Crippen LogP contribution in [0.25, 0.3) is 0 Å². The highest BCUT2D eigenvalue weighted by atomic mass is 32.2. The molecule has 1 amide bonds. The number of thioether (sulfide) groups is 1. The highest BCUT2D eigenvalue weighted by Crippen LogP contribution is 2.19. The third-order valence-electron chi connectivity index (χ3n) is 2.51. The van der Waals surface area contributed by atoms with Crippen LogP contribution in [0.15, 0.2) is 41.4 Å². The number of rotatable bonds is 3. The highest BCUT2D eigenvalue weighted by molar-refractivity contribution is 7.98. The fraction of sp³-hybridized carbons (Fsp3) is 0.0769. The van der Waals surface area contributed by atoms with Crippen LogP contribution in [0.5, 0.6) is 0 Å². The second-order valence-corrected chi connectivity index (χ2v) is 4.62. The number of nitrogens with zero attached hydrogens (tertiary/aromatic N) is 1. The van der Waals surface area contributed by atoms with Gasteiger partial charge >= 0.3 is 0 Å². The Labute approximate surface area is 114 Å². The number of nitrogens with two attached hydrogens (primary N) is 1. The van der Waals surface area contributed by atoms with Crippen molar-refractivity contribution in [3.05, 3.63) is 47.9 Å². The summed E-state index contributed by atoms with van der Waals surface area (Å²) in [6.07, 6.45) is 3.26. The minimum atomic E-state index is -0.805. The van der Waals surface area contributed by atoms with E-state index in [2.05, 4.69) is 10.3 Å². The summed E-state index contributed by atoms with van der Waals surface area (Å²) in [5.74, 6) is -1.64. The van der Waals surface area contributed by atoms with Gasteiger partial charge in [0.15, 0.2) is 11.6 Å². The lowest BCUT2D eigenvalue weighted by Gasteiger charge is -2.07. The minimum Gasteiger partial charge on any atom is -0.381 e. The van der Waals surface area contributed by atoms with Gasteiger partial charge in [-0.05, 0) is 36.6 Å². The second-order valence-electron chi connectivity index (χ2n) is 3.74. The fourth-order valence-corrected chi connectivity index (χ4v) is 1.92. The van der Waals surface area contributed by atoms with Crippen LogP contribution in [-0.4, -0.2) is 17.1 Å². The zero-order valence-corrected chi connectivity index (χ0v) is 11.0. The molecule has 0 radical (unpaired) electrons. The van der Waals surface area contributed by atoms with Crippen molar-refractivity contribution in [2.24, 2.45) is 0 Å². The van der Waals surface area contributed by atoms with Crippen molar-refractivity contribution in [1.29, 1.82) is 0 Å². The minimum absolute atomic E-state index is 0.124.